The molecule has 5 nitrogen and oxygen atoms in total. The molecule has 2 aromatic rings. The zero-order valence-electron chi connectivity index (χ0n) is 10.7. The van der Waals surface area contributed by atoms with Gasteiger partial charge in [0.15, 0.2) is 0 Å². The van der Waals surface area contributed by atoms with Gasteiger partial charge in [-0.3, -0.25) is 4.72 Å². The summed E-state index contributed by atoms with van der Waals surface area (Å²) in [5.74, 6) is -1.11. The van der Waals surface area contributed by atoms with Gasteiger partial charge in [-0.05, 0) is 42.8 Å². The first-order valence-corrected chi connectivity index (χ1v) is 7.30. The highest BCUT2D eigenvalue weighted by Crippen LogP contribution is 2.18. The van der Waals surface area contributed by atoms with E-state index in [-0.39, 0.29) is 16.1 Å². The van der Waals surface area contributed by atoms with E-state index in [9.17, 15) is 13.2 Å². The van der Waals surface area contributed by atoms with Crippen molar-refractivity contribution < 1.29 is 18.3 Å². The highest BCUT2D eigenvalue weighted by Gasteiger charge is 2.14. The molecule has 104 valence electrons. The van der Waals surface area contributed by atoms with Gasteiger partial charge < -0.3 is 5.11 Å². The highest BCUT2D eigenvalue weighted by molar-refractivity contribution is 7.92. The molecule has 0 unspecified atom stereocenters. The second kappa shape index (κ2) is 5.34. The molecule has 2 aromatic carbocycles. The molecule has 2 N–H and O–H groups in total. The van der Waals surface area contributed by atoms with E-state index in [1.54, 1.807) is 25.1 Å². The van der Waals surface area contributed by atoms with E-state index in [4.69, 9.17) is 5.11 Å². The van der Waals surface area contributed by atoms with E-state index < -0.39 is 16.0 Å². The van der Waals surface area contributed by atoms with Crippen molar-refractivity contribution in [1.82, 2.24) is 0 Å². The van der Waals surface area contributed by atoms with Gasteiger partial charge in [0.2, 0.25) is 0 Å². The van der Waals surface area contributed by atoms with Crippen molar-refractivity contribution in [2.24, 2.45) is 0 Å². The van der Waals surface area contributed by atoms with E-state index in [0.717, 1.165) is 5.56 Å². The quantitative estimate of drug-likeness (QED) is 0.906. The Hall–Kier alpha value is -2.34. The molecule has 0 bridgehead atoms. The summed E-state index contributed by atoms with van der Waals surface area (Å²) in [6, 6.07) is 12.1. The molecule has 0 atom stereocenters. The summed E-state index contributed by atoms with van der Waals surface area (Å²) in [7, 11) is -3.72. The number of anilines is 1. The van der Waals surface area contributed by atoms with E-state index in [1.165, 1.54) is 30.3 Å². The lowest BCUT2D eigenvalue weighted by Crippen LogP contribution is -2.13. The van der Waals surface area contributed by atoms with Crippen LogP contribution in [0.1, 0.15) is 15.9 Å². The fraction of sp³-hybridized carbons (Fsp3) is 0.0714. The van der Waals surface area contributed by atoms with Crippen LogP contribution in [-0.4, -0.2) is 19.5 Å². The predicted molar refractivity (Wildman–Crippen MR) is 75.4 cm³/mol. The van der Waals surface area contributed by atoms with E-state index in [0.29, 0.717) is 0 Å². The molecule has 0 aliphatic rings. The van der Waals surface area contributed by atoms with Crippen molar-refractivity contribution >= 4 is 21.7 Å². The maximum atomic E-state index is 12.2. The maximum Gasteiger partial charge on any atom is 0.335 e. The Morgan fingerprint density at radius 2 is 1.80 bits per heavy atom. The van der Waals surface area contributed by atoms with Crippen LogP contribution >= 0.6 is 0 Å². The summed E-state index contributed by atoms with van der Waals surface area (Å²) in [5, 5.41) is 8.88. The Morgan fingerprint density at radius 3 is 2.45 bits per heavy atom. The number of aryl methyl sites for hydroxylation is 1. The van der Waals surface area contributed by atoms with Gasteiger partial charge in [-0.15, -0.1) is 0 Å². The Balaban J connectivity index is 2.33. The minimum atomic E-state index is -3.72. The van der Waals surface area contributed by atoms with Crippen molar-refractivity contribution in [3.8, 4) is 0 Å². The van der Waals surface area contributed by atoms with Gasteiger partial charge in [0, 0.05) is 5.69 Å². The minimum Gasteiger partial charge on any atom is -0.478 e. The predicted octanol–water partition coefficient (Wildman–Crippen LogP) is 2.49. The summed E-state index contributed by atoms with van der Waals surface area (Å²) in [4.78, 5) is 11.0. The molecule has 0 aliphatic heterocycles. The van der Waals surface area contributed by atoms with E-state index in [2.05, 4.69) is 4.72 Å². The van der Waals surface area contributed by atoms with E-state index >= 15 is 0 Å². The number of hydrogen-bond acceptors (Lipinski definition) is 3. The van der Waals surface area contributed by atoms with Crippen LogP contribution in [0.2, 0.25) is 0 Å². The van der Waals surface area contributed by atoms with Crippen LogP contribution < -0.4 is 4.72 Å². The zero-order valence-corrected chi connectivity index (χ0v) is 11.5. The molecule has 0 radical (unpaired) electrons. The second-order valence-electron chi connectivity index (χ2n) is 4.31. The SMILES string of the molecule is Cc1cccc(S(=O)(=O)Nc2cccc(C(=O)O)c2)c1. The van der Waals surface area contributed by atoms with Gasteiger partial charge in [0.25, 0.3) is 10.0 Å². The molecular weight excluding hydrogens is 278 g/mol. The van der Waals surface area contributed by atoms with Gasteiger partial charge in [0.1, 0.15) is 0 Å². The summed E-state index contributed by atoms with van der Waals surface area (Å²) < 4.78 is 26.7. The number of carboxylic acids is 1. The number of aromatic carboxylic acids is 1. The van der Waals surface area contributed by atoms with Crippen LogP contribution in [0.15, 0.2) is 53.4 Å². The van der Waals surface area contributed by atoms with Crippen LogP contribution in [-0.2, 0) is 10.0 Å². The Bertz CT molecular complexity index is 753. The fourth-order valence-corrected chi connectivity index (χ4v) is 2.87. The lowest BCUT2D eigenvalue weighted by Gasteiger charge is -2.09. The van der Waals surface area contributed by atoms with Crippen LogP contribution in [0.4, 0.5) is 5.69 Å². The van der Waals surface area contributed by atoms with Gasteiger partial charge in [-0.25, -0.2) is 13.2 Å². The van der Waals surface area contributed by atoms with Crippen molar-refractivity contribution in [3.63, 3.8) is 0 Å². The highest BCUT2D eigenvalue weighted by atomic mass is 32.2. The molecule has 0 fully saturated rings. The smallest absolute Gasteiger partial charge is 0.335 e. The van der Waals surface area contributed by atoms with Gasteiger partial charge in [0.05, 0.1) is 10.5 Å². The Morgan fingerprint density at radius 1 is 1.10 bits per heavy atom. The molecule has 20 heavy (non-hydrogen) atoms. The normalized spacial score (nSPS) is 11.1. The number of carbonyl (C=O) groups is 1. The Kier molecular flexibility index (Phi) is 3.76. The van der Waals surface area contributed by atoms with Gasteiger partial charge in [-0.1, -0.05) is 18.2 Å². The third kappa shape index (κ3) is 3.16. The van der Waals surface area contributed by atoms with E-state index in [1.807, 2.05) is 0 Å². The molecule has 6 heteroatoms. The third-order valence-corrected chi connectivity index (χ3v) is 4.04. The average Bonchev–Trinajstić information content (AvgIpc) is 2.38. The number of rotatable bonds is 4. The number of sulfonamides is 1. The summed E-state index contributed by atoms with van der Waals surface area (Å²) in [6.07, 6.45) is 0. The molecule has 0 amide bonds. The first-order valence-electron chi connectivity index (χ1n) is 5.81. The molecule has 0 spiro atoms. The van der Waals surface area contributed by atoms with Crippen LogP contribution in [0.25, 0.3) is 0 Å². The lowest BCUT2D eigenvalue weighted by atomic mass is 10.2. The maximum absolute atomic E-state index is 12.2. The molecule has 0 saturated carbocycles. The van der Waals surface area contributed by atoms with Crippen LogP contribution in [0.3, 0.4) is 0 Å². The topological polar surface area (TPSA) is 83.5 Å². The van der Waals surface area contributed by atoms with Crippen molar-refractivity contribution in [3.05, 3.63) is 59.7 Å². The average molecular weight is 291 g/mol. The standard InChI is InChI=1S/C14H13NO4S/c1-10-4-2-7-13(8-10)20(18,19)15-12-6-3-5-11(9-12)14(16)17/h2-9,15H,1H3,(H,16,17). The molecule has 0 saturated heterocycles. The summed E-state index contributed by atoms with van der Waals surface area (Å²) in [5.41, 5.74) is 1.06. The molecule has 0 heterocycles. The Labute approximate surface area is 116 Å². The molecule has 0 aromatic heterocycles. The number of carboxylic acid groups (broad SMARTS) is 1. The van der Waals surface area contributed by atoms with Gasteiger partial charge in [-0.2, -0.15) is 0 Å². The van der Waals surface area contributed by atoms with Crippen molar-refractivity contribution in [2.45, 2.75) is 11.8 Å². The minimum absolute atomic E-state index is 0.0226. The third-order valence-electron chi connectivity index (χ3n) is 2.66. The van der Waals surface area contributed by atoms with Gasteiger partial charge >= 0.3 is 5.97 Å². The summed E-state index contributed by atoms with van der Waals surface area (Å²) >= 11 is 0. The number of benzene rings is 2. The van der Waals surface area contributed by atoms with Crippen molar-refractivity contribution in [2.75, 3.05) is 4.72 Å². The molecule has 2 rings (SSSR count). The first-order chi connectivity index (χ1) is 9.38. The largest absolute Gasteiger partial charge is 0.478 e. The monoisotopic (exact) mass is 291 g/mol. The second-order valence-corrected chi connectivity index (χ2v) is 5.99. The molecular formula is C14H13NO4S. The zero-order chi connectivity index (χ0) is 14.8. The van der Waals surface area contributed by atoms with Crippen molar-refractivity contribution in [1.29, 1.82) is 0 Å². The van der Waals surface area contributed by atoms with Crippen LogP contribution in [0.5, 0.6) is 0 Å². The summed E-state index contributed by atoms with van der Waals surface area (Å²) in [6.45, 7) is 1.80. The van der Waals surface area contributed by atoms with Crippen LogP contribution in [0, 0.1) is 6.92 Å². The number of nitrogens with one attached hydrogen (secondary N) is 1. The fourth-order valence-electron chi connectivity index (χ4n) is 1.71. The lowest BCUT2D eigenvalue weighted by molar-refractivity contribution is 0.0697. The molecule has 0 aliphatic carbocycles. The first kappa shape index (κ1) is 14.1. The number of hydrogen-bond donors (Lipinski definition) is 2.